The van der Waals surface area contributed by atoms with Gasteiger partial charge in [-0.05, 0) is 32.9 Å². The predicted molar refractivity (Wildman–Crippen MR) is 80.6 cm³/mol. The Morgan fingerprint density at radius 1 is 1.25 bits per heavy atom. The number of rotatable bonds is 3. The first-order valence-corrected chi connectivity index (χ1v) is 6.74. The molecule has 20 heavy (non-hydrogen) atoms. The minimum Gasteiger partial charge on any atom is -0.380 e. The van der Waals surface area contributed by atoms with Crippen molar-refractivity contribution in [1.82, 2.24) is 20.0 Å². The van der Waals surface area contributed by atoms with Gasteiger partial charge in [0, 0.05) is 29.4 Å². The highest BCUT2D eigenvalue weighted by molar-refractivity contribution is 5.90. The number of anilines is 1. The molecule has 104 valence electrons. The number of nitrogens with zero attached hydrogens (tertiary/aromatic N) is 3. The van der Waals surface area contributed by atoms with Crippen LogP contribution in [0.25, 0.3) is 10.9 Å². The molecule has 2 heterocycles. The van der Waals surface area contributed by atoms with Crippen LogP contribution in [-0.4, -0.2) is 20.0 Å². The molecule has 0 aliphatic carbocycles. The number of hydrogen-bond donors (Lipinski definition) is 2. The lowest BCUT2D eigenvalue weighted by molar-refractivity contribution is 0.355. The van der Waals surface area contributed by atoms with E-state index in [4.69, 9.17) is 0 Å². The summed E-state index contributed by atoms with van der Waals surface area (Å²) < 4.78 is 1.99. The Kier molecular flexibility index (Phi) is 2.97. The van der Waals surface area contributed by atoms with Crippen LogP contribution in [-0.2, 0) is 12.1 Å². The van der Waals surface area contributed by atoms with E-state index in [9.17, 15) is 0 Å². The van der Waals surface area contributed by atoms with E-state index in [1.807, 2.05) is 29.2 Å². The molecule has 0 atom stereocenters. The van der Waals surface area contributed by atoms with E-state index in [2.05, 4.69) is 53.6 Å². The molecule has 0 radical (unpaired) electrons. The molecule has 5 nitrogen and oxygen atoms in total. The summed E-state index contributed by atoms with van der Waals surface area (Å²) in [6, 6.07) is 6.10. The van der Waals surface area contributed by atoms with E-state index >= 15 is 0 Å². The highest BCUT2D eigenvalue weighted by Gasteiger charge is 2.13. The molecule has 0 saturated carbocycles. The van der Waals surface area contributed by atoms with Crippen molar-refractivity contribution in [2.75, 3.05) is 5.32 Å². The van der Waals surface area contributed by atoms with E-state index in [1.165, 1.54) is 5.56 Å². The fourth-order valence-corrected chi connectivity index (χ4v) is 2.14. The van der Waals surface area contributed by atoms with Crippen molar-refractivity contribution in [2.45, 2.75) is 32.9 Å². The fourth-order valence-electron chi connectivity index (χ4n) is 2.14. The van der Waals surface area contributed by atoms with Gasteiger partial charge in [-0.15, -0.1) is 0 Å². The van der Waals surface area contributed by atoms with Crippen LogP contribution in [0.1, 0.15) is 26.3 Å². The summed E-state index contributed by atoms with van der Waals surface area (Å²) in [5, 5.41) is 16.0. The number of hydrogen-bond acceptors (Lipinski definition) is 3. The zero-order valence-corrected chi connectivity index (χ0v) is 12.0. The van der Waals surface area contributed by atoms with Gasteiger partial charge in [0.25, 0.3) is 0 Å². The molecule has 0 aliphatic heterocycles. The normalized spacial score (nSPS) is 11.9. The first kappa shape index (κ1) is 12.7. The summed E-state index contributed by atoms with van der Waals surface area (Å²) in [6.07, 6.45) is 5.84. The summed E-state index contributed by atoms with van der Waals surface area (Å²) in [7, 11) is 0. The summed E-state index contributed by atoms with van der Waals surface area (Å²) in [5.41, 5.74) is 3.31. The van der Waals surface area contributed by atoms with Crippen molar-refractivity contribution in [3.63, 3.8) is 0 Å². The molecule has 0 aliphatic rings. The lowest BCUT2D eigenvalue weighted by atomic mass is 10.1. The summed E-state index contributed by atoms with van der Waals surface area (Å²) in [5.74, 6) is 0. The molecule has 3 rings (SSSR count). The van der Waals surface area contributed by atoms with Gasteiger partial charge in [-0.3, -0.25) is 9.78 Å². The van der Waals surface area contributed by atoms with Gasteiger partial charge < -0.3 is 5.32 Å². The monoisotopic (exact) mass is 269 g/mol. The zero-order chi connectivity index (χ0) is 14.2. The average molecular weight is 269 g/mol. The Bertz CT molecular complexity index is 717. The third kappa shape index (κ3) is 2.39. The van der Waals surface area contributed by atoms with Crippen LogP contribution in [0.5, 0.6) is 0 Å². The van der Waals surface area contributed by atoms with Crippen molar-refractivity contribution in [3.05, 3.63) is 42.4 Å². The quantitative estimate of drug-likeness (QED) is 0.768. The van der Waals surface area contributed by atoms with Gasteiger partial charge >= 0.3 is 0 Å². The van der Waals surface area contributed by atoms with Gasteiger partial charge in [-0.25, -0.2) is 0 Å². The number of benzene rings is 1. The molecule has 0 unspecified atom stereocenters. The second-order valence-corrected chi connectivity index (χ2v) is 5.95. The van der Waals surface area contributed by atoms with Gasteiger partial charge in [0.1, 0.15) is 0 Å². The molecule has 0 bridgehead atoms. The number of aromatic nitrogens is 4. The first-order chi connectivity index (χ1) is 9.54. The molecule has 0 saturated heterocycles. The maximum Gasteiger partial charge on any atom is 0.0671 e. The highest BCUT2D eigenvalue weighted by atomic mass is 15.3. The number of aromatic amines is 1. The van der Waals surface area contributed by atoms with Crippen LogP contribution in [0, 0.1) is 0 Å². The number of nitrogens with one attached hydrogen (secondary N) is 2. The van der Waals surface area contributed by atoms with Crippen molar-refractivity contribution in [1.29, 1.82) is 0 Å². The van der Waals surface area contributed by atoms with Crippen LogP contribution < -0.4 is 5.32 Å². The standard InChI is InChI=1S/C15H19N5/c1-15(2,3)20-10-11(8-18-20)7-16-13-5-4-6-14-12(13)9-17-19-14/h4-6,8-10,16H,7H2,1-3H3,(H,17,19). The summed E-state index contributed by atoms with van der Waals surface area (Å²) in [6.45, 7) is 7.18. The van der Waals surface area contributed by atoms with Gasteiger partial charge in [0.2, 0.25) is 0 Å². The van der Waals surface area contributed by atoms with E-state index < -0.39 is 0 Å². The summed E-state index contributed by atoms with van der Waals surface area (Å²) >= 11 is 0. The van der Waals surface area contributed by atoms with Crippen LogP contribution in [0.4, 0.5) is 5.69 Å². The Morgan fingerprint density at radius 3 is 2.85 bits per heavy atom. The van der Waals surface area contributed by atoms with Gasteiger partial charge in [-0.1, -0.05) is 6.07 Å². The topological polar surface area (TPSA) is 58.5 Å². The smallest absolute Gasteiger partial charge is 0.0671 e. The molecular formula is C15H19N5. The lowest BCUT2D eigenvalue weighted by Gasteiger charge is -2.18. The Balaban J connectivity index is 1.76. The fraction of sp³-hybridized carbons (Fsp3) is 0.333. The first-order valence-electron chi connectivity index (χ1n) is 6.74. The van der Waals surface area contributed by atoms with E-state index in [-0.39, 0.29) is 5.54 Å². The third-order valence-corrected chi connectivity index (χ3v) is 3.29. The molecule has 1 aromatic carbocycles. The van der Waals surface area contributed by atoms with E-state index in [0.717, 1.165) is 23.1 Å². The largest absolute Gasteiger partial charge is 0.380 e. The molecule has 0 amide bonds. The van der Waals surface area contributed by atoms with Crippen molar-refractivity contribution in [2.24, 2.45) is 0 Å². The molecule has 2 aromatic heterocycles. The molecule has 0 spiro atoms. The van der Waals surface area contributed by atoms with Crippen molar-refractivity contribution < 1.29 is 0 Å². The van der Waals surface area contributed by atoms with Gasteiger partial charge in [0.15, 0.2) is 0 Å². The Labute approximate surface area is 118 Å². The maximum absolute atomic E-state index is 4.41. The SMILES string of the molecule is CC(C)(C)n1cc(CNc2cccc3[nH]ncc23)cn1. The van der Waals surface area contributed by atoms with Crippen molar-refractivity contribution >= 4 is 16.6 Å². The number of H-pyrrole nitrogens is 1. The minimum absolute atomic E-state index is 0.0167. The van der Waals surface area contributed by atoms with Gasteiger partial charge in [0.05, 0.1) is 23.4 Å². The second-order valence-electron chi connectivity index (χ2n) is 5.95. The predicted octanol–water partition coefficient (Wildman–Crippen LogP) is 3.13. The van der Waals surface area contributed by atoms with Gasteiger partial charge in [-0.2, -0.15) is 10.2 Å². The second kappa shape index (κ2) is 4.67. The molecule has 5 heteroatoms. The van der Waals surface area contributed by atoms with Crippen LogP contribution in [0.2, 0.25) is 0 Å². The highest BCUT2D eigenvalue weighted by Crippen LogP contribution is 2.22. The number of fused-ring (bicyclic) bond motifs is 1. The van der Waals surface area contributed by atoms with Crippen LogP contribution in [0.15, 0.2) is 36.8 Å². The molecule has 2 N–H and O–H groups in total. The molecule has 3 aromatic rings. The Morgan fingerprint density at radius 2 is 2.10 bits per heavy atom. The maximum atomic E-state index is 4.41. The lowest BCUT2D eigenvalue weighted by Crippen LogP contribution is -2.21. The summed E-state index contributed by atoms with van der Waals surface area (Å²) in [4.78, 5) is 0. The van der Waals surface area contributed by atoms with Crippen LogP contribution in [0.3, 0.4) is 0 Å². The third-order valence-electron chi connectivity index (χ3n) is 3.29. The van der Waals surface area contributed by atoms with E-state index in [0.29, 0.717) is 0 Å². The molecule has 0 fully saturated rings. The molecular weight excluding hydrogens is 250 g/mol. The Hall–Kier alpha value is -2.30. The van der Waals surface area contributed by atoms with E-state index in [1.54, 1.807) is 0 Å². The average Bonchev–Trinajstić information content (AvgIpc) is 3.04. The zero-order valence-electron chi connectivity index (χ0n) is 12.0. The van der Waals surface area contributed by atoms with Crippen molar-refractivity contribution in [3.8, 4) is 0 Å². The van der Waals surface area contributed by atoms with Crippen LogP contribution >= 0.6 is 0 Å². The minimum atomic E-state index is 0.0167.